The van der Waals surface area contributed by atoms with Crippen molar-refractivity contribution in [3.63, 3.8) is 0 Å². The van der Waals surface area contributed by atoms with Crippen molar-refractivity contribution in [3.05, 3.63) is 30.1 Å². The van der Waals surface area contributed by atoms with Crippen LogP contribution in [-0.4, -0.2) is 47.7 Å². The molecule has 1 saturated heterocycles. The molecule has 1 aliphatic rings. The number of hydrogen-bond donors (Lipinski definition) is 0. The van der Waals surface area contributed by atoms with Gasteiger partial charge in [0.05, 0.1) is 23.6 Å². The van der Waals surface area contributed by atoms with E-state index < -0.39 is 0 Å². The number of hydrogen-bond acceptors (Lipinski definition) is 3. The molecule has 3 heterocycles. The second-order valence-electron chi connectivity index (χ2n) is 5.76. The van der Waals surface area contributed by atoms with Gasteiger partial charge in [0.15, 0.2) is 0 Å². The highest BCUT2D eigenvalue weighted by atomic mass is 15.3. The van der Waals surface area contributed by atoms with E-state index in [1.807, 2.05) is 10.7 Å². The Kier molecular flexibility index (Phi) is 3.19. The molecule has 1 fully saturated rings. The molecule has 102 valence electrons. The molecule has 4 nitrogen and oxygen atoms in total. The number of piperazine rings is 1. The van der Waals surface area contributed by atoms with Crippen molar-refractivity contribution in [1.82, 2.24) is 14.5 Å². The lowest BCUT2D eigenvalue weighted by molar-refractivity contribution is 0.312. The molecule has 3 rings (SSSR count). The summed E-state index contributed by atoms with van der Waals surface area (Å²) < 4.78 is 2.02. The fraction of sp³-hybridized carbons (Fsp3) is 0.533. The molecule has 4 heteroatoms. The molecular formula is C15H22N4. The van der Waals surface area contributed by atoms with Gasteiger partial charge in [-0.05, 0) is 25.1 Å². The van der Waals surface area contributed by atoms with Crippen LogP contribution in [0.15, 0.2) is 24.5 Å². The van der Waals surface area contributed by atoms with E-state index in [1.54, 1.807) is 0 Å². The first kappa shape index (κ1) is 12.5. The van der Waals surface area contributed by atoms with E-state index in [-0.39, 0.29) is 0 Å². The lowest BCUT2D eigenvalue weighted by Gasteiger charge is -2.33. The molecule has 0 spiro atoms. The quantitative estimate of drug-likeness (QED) is 0.825. The molecule has 0 saturated carbocycles. The molecule has 0 bridgehead atoms. The topological polar surface area (TPSA) is 23.8 Å². The maximum absolute atomic E-state index is 4.49. The van der Waals surface area contributed by atoms with Crippen LogP contribution in [0.4, 0.5) is 5.69 Å². The molecule has 0 aromatic carbocycles. The zero-order chi connectivity index (χ0) is 13.4. The smallest absolute Gasteiger partial charge is 0.0697 e. The average Bonchev–Trinajstić information content (AvgIpc) is 2.82. The number of anilines is 1. The zero-order valence-corrected chi connectivity index (χ0v) is 12.0. The Bertz CT molecular complexity index is 565. The summed E-state index contributed by atoms with van der Waals surface area (Å²) in [5.41, 5.74) is 3.83. The van der Waals surface area contributed by atoms with Crippen LogP contribution < -0.4 is 4.90 Å². The van der Waals surface area contributed by atoms with Crippen molar-refractivity contribution in [2.45, 2.75) is 19.8 Å². The third-order valence-electron chi connectivity index (χ3n) is 4.02. The van der Waals surface area contributed by atoms with E-state index >= 15 is 0 Å². The molecule has 0 unspecified atom stereocenters. The molecule has 1 aliphatic heterocycles. The summed E-state index contributed by atoms with van der Waals surface area (Å²) in [6.07, 6.45) is 4.15. The Hall–Kier alpha value is -1.55. The van der Waals surface area contributed by atoms with E-state index in [4.69, 9.17) is 0 Å². The maximum Gasteiger partial charge on any atom is 0.0697 e. The van der Waals surface area contributed by atoms with Gasteiger partial charge in [-0.3, -0.25) is 0 Å². The van der Waals surface area contributed by atoms with E-state index in [1.165, 1.54) is 16.8 Å². The van der Waals surface area contributed by atoms with Crippen LogP contribution in [0, 0.1) is 0 Å². The minimum atomic E-state index is 0.520. The largest absolute Gasteiger partial charge is 0.368 e. The maximum atomic E-state index is 4.49. The predicted molar refractivity (Wildman–Crippen MR) is 79.0 cm³/mol. The molecule has 0 amide bonds. The fourth-order valence-electron chi connectivity index (χ4n) is 2.69. The van der Waals surface area contributed by atoms with Gasteiger partial charge in [-0.15, -0.1) is 0 Å². The fourth-order valence-corrected chi connectivity index (χ4v) is 2.69. The van der Waals surface area contributed by atoms with E-state index in [0.717, 1.165) is 26.2 Å². The van der Waals surface area contributed by atoms with Gasteiger partial charge in [-0.1, -0.05) is 13.8 Å². The molecule has 0 atom stereocenters. The molecule has 19 heavy (non-hydrogen) atoms. The lowest BCUT2D eigenvalue weighted by Crippen LogP contribution is -2.44. The Morgan fingerprint density at radius 3 is 2.53 bits per heavy atom. The first-order valence-corrected chi connectivity index (χ1v) is 7.06. The first-order chi connectivity index (χ1) is 9.15. The van der Waals surface area contributed by atoms with Gasteiger partial charge < -0.3 is 9.80 Å². The highest BCUT2D eigenvalue weighted by molar-refractivity contribution is 5.60. The average molecular weight is 258 g/mol. The Morgan fingerprint density at radius 2 is 1.84 bits per heavy atom. The normalized spacial score (nSPS) is 17.6. The summed E-state index contributed by atoms with van der Waals surface area (Å²) >= 11 is 0. The second kappa shape index (κ2) is 4.85. The van der Waals surface area contributed by atoms with Crippen molar-refractivity contribution in [2.75, 3.05) is 38.1 Å². The minimum Gasteiger partial charge on any atom is -0.368 e. The van der Waals surface area contributed by atoms with Gasteiger partial charge in [0.2, 0.25) is 0 Å². The second-order valence-corrected chi connectivity index (χ2v) is 5.76. The number of fused-ring (bicyclic) bond motifs is 1. The Labute approximate surface area is 114 Å². The van der Waals surface area contributed by atoms with Crippen LogP contribution in [0.25, 0.3) is 5.52 Å². The monoisotopic (exact) mass is 258 g/mol. The molecule has 0 aliphatic carbocycles. The van der Waals surface area contributed by atoms with Gasteiger partial charge >= 0.3 is 0 Å². The summed E-state index contributed by atoms with van der Waals surface area (Å²) in [4.78, 5) is 4.82. The Morgan fingerprint density at radius 1 is 1.11 bits per heavy atom. The van der Waals surface area contributed by atoms with Gasteiger partial charge in [-0.2, -0.15) is 5.10 Å². The summed E-state index contributed by atoms with van der Waals surface area (Å²) in [6, 6.07) is 4.43. The standard InChI is InChI=1S/C15H22N4/c1-12(2)14-10-16-19-11-13(4-5-15(14)19)18-8-6-17(3)7-9-18/h4-5,10-12H,6-9H2,1-3H3. The summed E-state index contributed by atoms with van der Waals surface area (Å²) in [5, 5.41) is 4.49. The summed E-state index contributed by atoms with van der Waals surface area (Å²) in [5.74, 6) is 0.520. The SMILES string of the molecule is CC(C)c1cnn2cc(N3CCN(C)CC3)ccc12. The van der Waals surface area contributed by atoms with Gasteiger partial charge in [-0.25, -0.2) is 4.52 Å². The van der Waals surface area contributed by atoms with E-state index in [2.05, 4.69) is 54.1 Å². The van der Waals surface area contributed by atoms with Gasteiger partial charge in [0, 0.05) is 31.7 Å². The number of rotatable bonds is 2. The number of pyridine rings is 1. The third-order valence-corrected chi connectivity index (χ3v) is 4.02. The van der Waals surface area contributed by atoms with E-state index in [0.29, 0.717) is 5.92 Å². The molecular weight excluding hydrogens is 236 g/mol. The van der Waals surface area contributed by atoms with Crippen molar-refractivity contribution in [3.8, 4) is 0 Å². The van der Waals surface area contributed by atoms with Crippen LogP contribution in [0.2, 0.25) is 0 Å². The minimum absolute atomic E-state index is 0.520. The molecule has 2 aromatic heterocycles. The van der Waals surface area contributed by atoms with Crippen molar-refractivity contribution in [1.29, 1.82) is 0 Å². The lowest BCUT2D eigenvalue weighted by atomic mass is 10.1. The zero-order valence-electron chi connectivity index (χ0n) is 12.0. The number of nitrogens with zero attached hydrogens (tertiary/aromatic N) is 4. The first-order valence-electron chi connectivity index (χ1n) is 7.06. The van der Waals surface area contributed by atoms with Crippen LogP contribution in [-0.2, 0) is 0 Å². The van der Waals surface area contributed by atoms with Crippen LogP contribution in [0.1, 0.15) is 25.3 Å². The highest BCUT2D eigenvalue weighted by Gasteiger charge is 2.15. The number of aromatic nitrogens is 2. The predicted octanol–water partition coefficient (Wildman–Crippen LogP) is 2.21. The summed E-state index contributed by atoms with van der Waals surface area (Å²) in [6.45, 7) is 8.89. The van der Waals surface area contributed by atoms with Crippen LogP contribution in [0.3, 0.4) is 0 Å². The van der Waals surface area contributed by atoms with Gasteiger partial charge in [0.1, 0.15) is 0 Å². The van der Waals surface area contributed by atoms with Crippen LogP contribution in [0.5, 0.6) is 0 Å². The Balaban J connectivity index is 1.90. The van der Waals surface area contributed by atoms with Gasteiger partial charge in [0.25, 0.3) is 0 Å². The highest BCUT2D eigenvalue weighted by Crippen LogP contribution is 2.23. The van der Waals surface area contributed by atoms with Crippen molar-refractivity contribution in [2.24, 2.45) is 0 Å². The molecule has 2 aromatic rings. The van der Waals surface area contributed by atoms with Crippen molar-refractivity contribution >= 4 is 11.2 Å². The van der Waals surface area contributed by atoms with E-state index in [9.17, 15) is 0 Å². The van der Waals surface area contributed by atoms with Crippen molar-refractivity contribution < 1.29 is 0 Å². The number of likely N-dealkylation sites (N-methyl/N-ethyl adjacent to an activating group) is 1. The summed E-state index contributed by atoms with van der Waals surface area (Å²) in [7, 11) is 2.18. The molecule has 0 radical (unpaired) electrons. The third kappa shape index (κ3) is 2.32. The van der Waals surface area contributed by atoms with Crippen LogP contribution >= 0.6 is 0 Å². The molecule has 0 N–H and O–H groups in total.